The molecule has 1 amide bonds. The van der Waals surface area contributed by atoms with Crippen molar-refractivity contribution in [3.63, 3.8) is 0 Å². The highest BCUT2D eigenvalue weighted by atomic mass is 16.5. The van der Waals surface area contributed by atoms with E-state index in [1.54, 1.807) is 0 Å². The first-order valence-corrected chi connectivity index (χ1v) is 7.09. The molecule has 2 atom stereocenters. The number of amides is 1. The standard InChI is InChI=1S/C14H25NO2/c1-11(2)7-8-14(16)15-9-10-17-13-6-4-3-5-12(13)15/h11-13H,3-10H2,1-2H3/t12-,13+/m1/s1. The lowest BCUT2D eigenvalue weighted by molar-refractivity contribution is -0.149. The number of carbonyl (C=O) groups excluding carboxylic acids is 1. The molecular formula is C14H25NO2. The van der Waals surface area contributed by atoms with E-state index < -0.39 is 0 Å². The molecular weight excluding hydrogens is 214 g/mol. The number of fused-ring (bicyclic) bond motifs is 1. The summed E-state index contributed by atoms with van der Waals surface area (Å²) in [6.45, 7) is 5.89. The van der Waals surface area contributed by atoms with Gasteiger partial charge in [-0.05, 0) is 25.2 Å². The van der Waals surface area contributed by atoms with Gasteiger partial charge in [-0.3, -0.25) is 4.79 Å². The molecule has 1 aliphatic carbocycles. The second-order valence-electron chi connectivity index (χ2n) is 5.78. The normalized spacial score (nSPS) is 29.2. The van der Waals surface area contributed by atoms with E-state index in [0.29, 0.717) is 30.4 Å². The van der Waals surface area contributed by atoms with Crippen molar-refractivity contribution >= 4 is 5.91 Å². The molecule has 0 spiro atoms. The van der Waals surface area contributed by atoms with Gasteiger partial charge in [-0.25, -0.2) is 0 Å². The van der Waals surface area contributed by atoms with Crippen LogP contribution in [0.5, 0.6) is 0 Å². The summed E-state index contributed by atoms with van der Waals surface area (Å²) < 4.78 is 5.79. The minimum absolute atomic E-state index is 0.320. The molecule has 0 bridgehead atoms. The van der Waals surface area contributed by atoms with E-state index in [2.05, 4.69) is 18.7 Å². The van der Waals surface area contributed by atoms with Gasteiger partial charge in [0.15, 0.2) is 0 Å². The Bertz CT molecular complexity index is 263. The number of hydrogen-bond donors (Lipinski definition) is 0. The van der Waals surface area contributed by atoms with Crippen molar-refractivity contribution < 1.29 is 9.53 Å². The molecule has 0 aromatic carbocycles. The Morgan fingerprint density at radius 1 is 1.35 bits per heavy atom. The maximum Gasteiger partial charge on any atom is 0.222 e. The first-order valence-electron chi connectivity index (χ1n) is 7.09. The third-order valence-electron chi connectivity index (χ3n) is 3.99. The molecule has 3 heteroatoms. The van der Waals surface area contributed by atoms with Crippen molar-refractivity contribution in [1.29, 1.82) is 0 Å². The molecule has 3 nitrogen and oxygen atoms in total. The molecule has 0 aromatic heterocycles. The van der Waals surface area contributed by atoms with Gasteiger partial charge in [0, 0.05) is 13.0 Å². The number of carbonyl (C=O) groups is 1. The van der Waals surface area contributed by atoms with Crippen LogP contribution < -0.4 is 0 Å². The van der Waals surface area contributed by atoms with Gasteiger partial charge in [0.2, 0.25) is 5.91 Å². The van der Waals surface area contributed by atoms with Crippen molar-refractivity contribution in [2.75, 3.05) is 13.2 Å². The molecule has 0 unspecified atom stereocenters. The van der Waals surface area contributed by atoms with Crippen molar-refractivity contribution in [2.45, 2.75) is 64.5 Å². The third-order valence-corrected chi connectivity index (χ3v) is 3.99. The molecule has 0 aromatic rings. The molecule has 0 radical (unpaired) electrons. The van der Waals surface area contributed by atoms with E-state index in [0.717, 1.165) is 32.4 Å². The fourth-order valence-electron chi connectivity index (χ4n) is 2.96. The zero-order valence-electron chi connectivity index (χ0n) is 11.2. The molecule has 1 saturated carbocycles. The molecule has 1 saturated heterocycles. The highest BCUT2D eigenvalue weighted by Gasteiger charge is 2.36. The SMILES string of the molecule is CC(C)CCC(=O)N1CCO[C@H]2CCCC[C@H]21. The summed E-state index contributed by atoms with van der Waals surface area (Å²) in [5, 5.41) is 0. The van der Waals surface area contributed by atoms with E-state index in [9.17, 15) is 4.79 Å². The Labute approximate surface area is 105 Å². The fraction of sp³-hybridized carbons (Fsp3) is 0.929. The van der Waals surface area contributed by atoms with Gasteiger partial charge >= 0.3 is 0 Å². The van der Waals surface area contributed by atoms with E-state index in [4.69, 9.17) is 4.74 Å². The average molecular weight is 239 g/mol. The molecule has 2 fully saturated rings. The Hall–Kier alpha value is -0.570. The number of morpholine rings is 1. The van der Waals surface area contributed by atoms with Crippen molar-refractivity contribution in [2.24, 2.45) is 5.92 Å². The Balaban J connectivity index is 1.91. The zero-order chi connectivity index (χ0) is 12.3. The largest absolute Gasteiger partial charge is 0.374 e. The Morgan fingerprint density at radius 2 is 2.12 bits per heavy atom. The molecule has 98 valence electrons. The van der Waals surface area contributed by atoms with Crippen LogP contribution in [-0.2, 0) is 9.53 Å². The van der Waals surface area contributed by atoms with Crippen LogP contribution >= 0.6 is 0 Å². The second kappa shape index (κ2) is 5.85. The molecule has 17 heavy (non-hydrogen) atoms. The van der Waals surface area contributed by atoms with Crippen LogP contribution in [0, 0.1) is 5.92 Å². The third kappa shape index (κ3) is 3.21. The lowest BCUT2D eigenvalue weighted by atomic mass is 9.89. The number of ether oxygens (including phenoxy) is 1. The molecule has 1 aliphatic heterocycles. The summed E-state index contributed by atoms with van der Waals surface area (Å²) in [5.41, 5.74) is 0. The lowest BCUT2D eigenvalue weighted by Gasteiger charge is -2.44. The summed E-state index contributed by atoms with van der Waals surface area (Å²) in [6.07, 6.45) is 6.82. The summed E-state index contributed by atoms with van der Waals surface area (Å²) in [6, 6.07) is 0.372. The van der Waals surface area contributed by atoms with Gasteiger partial charge in [-0.15, -0.1) is 0 Å². The van der Waals surface area contributed by atoms with Gasteiger partial charge in [-0.1, -0.05) is 26.7 Å². The van der Waals surface area contributed by atoms with Crippen LogP contribution in [0.1, 0.15) is 52.4 Å². The first kappa shape index (κ1) is 12.9. The van der Waals surface area contributed by atoms with Crippen LogP contribution in [0.25, 0.3) is 0 Å². The Kier molecular flexibility index (Phi) is 4.43. The average Bonchev–Trinajstić information content (AvgIpc) is 2.35. The van der Waals surface area contributed by atoms with Gasteiger partial charge in [0.05, 0.1) is 18.8 Å². The first-order chi connectivity index (χ1) is 8.18. The van der Waals surface area contributed by atoms with Gasteiger partial charge in [0.25, 0.3) is 0 Å². The smallest absolute Gasteiger partial charge is 0.222 e. The van der Waals surface area contributed by atoms with E-state index in [-0.39, 0.29) is 0 Å². The van der Waals surface area contributed by atoms with Crippen LogP contribution in [0.15, 0.2) is 0 Å². The predicted molar refractivity (Wildman–Crippen MR) is 67.8 cm³/mol. The molecule has 2 rings (SSSR count). The monoisotopic (exact) mass is 239 g/mol. The predicted octanol–water partition coefficient (Wildman–Crippen LogP) is 2.59. The van der Waals surface area contributed by atoms with Crippen molar-refractivity contribution in [1.82, 2.24) is 4.90 Å². The summed E-state index contributed by atoms with van der Waals surface area (Å²) >= 11 is 0. The summed E-state index contributed by atoms with van der Waals surface area (Å²) in [5.74, 6) is 0.959. The Morgan fingerprint density at radius 3 is 2.88 bits per heavy atom. The van der Waals surface area contributed by atoms with Crippen molar-refractivity contribution in [3.8, 4) is 0 Å². The fourth-order valence-corrected chi connectivity index (χ4v) is 2.96. The van der Waals surface area contributed by atoms with E-state index >= 15 is 0 Å². The van der Waals surface area contributed by atoms with Gasteiger partial charge < -0.3 is 9.64 Å². The van der Waals surface area contributed by atoms with Crippen LogP contribution in [0.3, 0.4) is 0 Å². The summed E-state index contributed by atoms with van der Waals surface area (Å²) in [4.78, 5) is 14.3. The van der Waals surface area contributed by atoms with Gasteiger partial charge in [0.1, 0.15) is 0 Å². The molecule has 1 heterocycles. The lowest BCUT2D eigenvalue weighted by Crippen LogP contribution is -2.54. The minimum atomic E-state index is 0.320. The second-order valence-corrected chi connectivity index (χ2v) is 5.78. The molecule has 2 aliphatic rings. The van der Waals surface area contributed by atoms with Crippen LogP contribution in [-0.4, -0.2) is 36.1 Å². The highest BCUT2D eigenvalue weighted by Crippen LogP contribution is 2.29. The number of rotatable bonds is 3. The maximum atomic E-state index is 12.2. The van der Waals surface area contributed by atoms with Gasteiger partial charge in [-0.2, -0.15) is 0 Å². The highest BCUT2D eigenvalue weighted by molar-refractivity contribution is 5.76. The number of nitrogens with zero attached hydrogens (tertiary/aromatic N) is 1. The topological polar surface area (TPSA) is 29.5 Å². The quantitative estimate of drug-likeness (QED) is 0.757. The van der Waals surface area contributed by atoms with Crippen molar-refractivity contribution in [3.05, 3.63) is 0 Å². The zero-order valence-corrected chi connectivity index (χ0v) is 11.2. The van der Waals surface area contributed by atoms with Crippen LogP contribution in [0.2, 0.25) is 0 Å². The minimum Gasteiger partial charge on any atom is -0.374 e. The van der Waals surface area contributed by atoms with E-state index in [1.807, 2.05) is 0 Å². The number of hydrogen-bond acceptors (Lipinski definition) is 2. The van der Waals surface area contributed by atoms with E-state index in [1.165, 1.54) is 12.8 Å². The molecule has 0 N–H and O–H groups in total. The summed E-state index contributed by atoms with van der Waals surface area (Å²) in [7, 11) is 0. The van der Waals surface area contributed by atoms with Crippen LogP contribution in [0.4, 0.5) is 0 Å². The maximum absolute atomic E-state index is 12.2.